The van der Waals surface area contributed by atoms with Gasteiger partial charge in [-0.3, -0.25) is 9.59 Å². The van der Waals surface area contributed by atoms with E-state index >= 15 is 0 Å². The number of ketones is 1. The second-order valence-electron chi connectivity index (χ2n) is 4.17. The van der Waals surface area contributed by atoms with Gasteiger partial charge in [-0.25, -0.2) is 0 Å². The molecule has 0 aromatic heterocycles. The lowest BCUT2D eigenvalue weighted by molar-refractivity contribution is -0.141. The molecule has 84 valence electrons. The van der Waals surface area contributed by atoms with E-state index in [0.29, 0.717) is 18.4 Å². The van der Waals surface area contributed by atoms with Gasteiger partial charge in [-0.1, -0.05) is 26.7 Å². The molecular formula is C12H19NO2. The molecule has 0 bridgehead atoms. The Kier molecular flexibility index (Phi) is 3.66. The molecule has 0 fully saturated rings. The van der Waals surface area contributed by atoms with Crippen molar-refractivity contribution in [2.24, 2.45) is 5.41 Å². The van der Waals surface area contributed by atoms with Crippen LogP contribution in [0.25, 0.3) is 0 Å². The number of nitrogens with one attached hydrogen (secondary N) is 1. The van der Waals surface area contributed by atoms with Gasteiger partial charge in [0.25, 0.3) is 0 Å². The van der Waals surface area contributed by atoms with Gasteiger partial charge in [0.1, 0.15) is 5.41 Å². The average molecular weight is 209 g/mol. The van der Waals surface area contributed by atoms with Crippen LogP contribution in [0, 0.1) is 5.41 Å². The highest BCUT2D eigenvalue weighted by molar-refractivity contribution is 6.15. The monoisotopic (exact) mass is 209 g/mol. The van der Waals surface area contributed by atoms with Crippen LogP contribution in [-0.2, 0) is 9.59 Å². The quantitative estimate of drug-likeness (QED) is 0.721. The van der Waals surface area contributed by atoms with Gasteiger partial charge in [0.05, 0.1) is 0 Å². The number of unbranched alkanes of at least 4 members (excludes halogenated alkanes) is 1. The van der Waals surface area contributed by atoms with Gasteiger partial charge in [-0.2, -0.15) is 0 Å². The van der Waals surface area contributed by atoms with E-state index in [4.69, 9.17) is 0 Å². The molecule has 1 unspecified atom stereocenters. The summed E-state index contributed by atoms with van der Waals surface area (Å²) in [6.45, 7) is 5.74. The molecule has 1 N–H and O–H groups in total. The minimum absolute atomic E-state index is 0.00204. The number of Topliss-reactive ketones (excluding diaryl/α,β-unsaturated/α-hetero) is 1. The number of rotatable bonds is 4. The maximum atomic E-state index is 12.1. The lowest BCUT2D eigenvalue weighted by Gasteiger charge is -2.32. The first-order valence-corrected chi connectivity index (χ1v) is 5.61. The van der Waals surface area contributed by atoms with Gasteiger partial charge < -0.3 is 5.32 Å². The minimum Gasteiger partial charge on any atom is -0.331 e. The van der Waals surface area contributed by atoms with E-state index in [-0.39, 0.29) is 11.7 Å². The molecule has 0 saturated heterocycles. The summed E-state index contributed by atoms with van der Waals surface area (Å²) < 4.78 is 0. The van der Waals surface area contributed by atoms with E-state index in [2.05, 4.69) is 12.2 Å². The summed E-state index contributed by atoms with van der Waals surface area (Å²) in [4.78, 5) is 23.9. The first-order valence-electron chi connectivity index (χ1n) is 5.61. The first-order chi connectivity index (χ1) is 7.08. The molecule has 0 aliphatic carbocycles. The average Bonchev–Trinajstić information content (AvgIpc) is 2.25. The lowest BCUT2D eigenvalue weighted by Crippen LogP contribution is -2.48. The molecule has 1 heterocycles. The fourth-order valence-electron chi connectivity index (χ4n) is 2.06. The number of hydrogen-bond donors (Lipinski definition) is 1. The van der Waals surface area contributed by atoms with E-state index in [0.717, 1.165) is 12.8 Å². The summed E-state index contributed by atoms with van der Waals surface area (Å²) in [5.74, 6) is -0.128. The molecule has 0 radical (unpaired) electrons. The Hall–Kier alpha value is -1.12. The van der Waals surface area contributed by atoms with Crippen molar-refractivity contribution in [3.8, 4) is 0 Å². The van der Waals surface area contributed by atoms with Gasteiger partial charge in [0, 0.05) is 11.8 Å². The molecular weight excluding hydrogens is 190 g/mol. The predicted octanol–water partition coefficient (Wildman–Crippen LogP) is 2.18. The van der Waals surface area contributed by atoms with Crippen LogP contribution in [0.2, 0.25) is 0 Å². The van der Waals surface area contributed by atoms with Crippen LogP contribution in [0.15, 0.2) is 11.8 Å². The van der Waals surface area contributed by atoms with E-state index in [1.54, 1.807) is 6.92 Å². The third kappa shape index (κ3) is 1.96. The minimum atomic E-state index is -0.797. The van der Waals surface area contributed by atoms with Crippen LogP contribution >= 0.6 is 0 Å². The highest BCUT2D eigenvalue weighted by Gasteiger charge is 2.45. The Balaban J connectivity index is 2.99. The normalized spacial score (nSPS) is 26.2. The predicted molar refractivity (Wildman–Crippen MR) is 59.2 cm³/mol. The van der Waals surface area contributed by atoms with Crippen LogP contribution < -0.4 is 5.32 Å². The van der Waals surface area contributed by atoms with Crippen LogP contribution in [0.3, 0.4) is 0 Å². The Labute approximate surface area is 90.9 Å². The van der Waals surface area contributed by atoms with E-state index in [9.17, 15) is 9.59 Å². The molecule has 0 aromatic carbocycles. The van der Waals surface area contributed by atoms with E-state index in [1.807, 2.05) is 6.92 Å². The molecule has 1 atom stereocenters. The van der Waals surface area contributed by atoms with Crippen molar-refractivity contribution in [1.29, 1.82) is 0 Å². The van der Waals surface area contributed by atoms with Gasteiger partial charge in [-0.15, -0.1) is 0 Å². The number of hydrogen-bond acceptors (Lipinski definition) is 2. The molecule has 1 aliphatic heterocycles. The lowest BCUT2D eigenvalue weighted by atomic mass is 9.72. The Morgan fingerprint density at radius 2 is 2.00 bits per heavy atom. The van der Waals surface area contributed by atoms with Crippen LogP contribution in [0.5, 0.6) is 0 Å². The smallest absolute Gasteiger partial charge is 0.237 e. The maximum absolute atomic E-state index is 12.1. The topological polar surface area (TPSA) is 46.2 Å². The molecule has 3 heteroatoms. The summed E-state index contributed by atoms with van der Waals surface area (Å²) >= 11 is 0. The third-order valence-corrected chi connectivity index (χ3v) is 3.21. The largest absolute Gasteiger partial charge is 0.331 e. The number of allylic oxidation sites excluding steroid dienone is 1. The second kappa shape index (κ2) is 4.60. The van der Waals surface area contributed by atoms with Crippen LogP contribution in [0.1, 0.15) is 46.5 Å². The molecule has 1 aliphatic rings. The van der Waals surface area contributed by atoms with Crippen molar-refractivity contribution < 1.29 is 9.59 Å². The summed E-state index contributed by atoms with van der Waals surface area (Å²) in [5.41, 5.74) is -0.137. The van der Waals surface area contributed by atoms with E-state index in [1.165, 1.54) is 6.20 Å². The summed E-state index contributed by atoms with van der Waals surface area (Å²) in [6.07, 6.45) is 4.69. The zero-order valence-corrected chi connectivity index (χ0v) is 9.72. The Morgan fingerprint density at radius 1 is 1.33 bits per heavy atom. The van der Waals surface area contributed by atoms with E-state index < -0.39 is 5.41 Å². The van der Waals surface area contributed by atoms with Gasteiger partial charge >= 0.3 is 0 Å². The number of carbonyl (C=O) groups excluding carboxylic acids is 2. The van der Waals surface area contributed by atoms with Gasteiger partial charge in [0.2, 0.25) is 5.91 Å². The van der Waals surface area contributed by atoms with Crippen LogP contribution in [0.4, 0.5) is 0 Å². The van der Waals surface area contributed by atoms with Crippen molar-refractivity contribution in [2.75, 3.05) is 0 Å². The summed E-state index contributed by atoms with van der Waals surface area (Å²) in [7, 11) is 0. The zero-order valence-electron chi connectivity index (χ0n) is 9.72. The molecule has 0 saturated carbocycles. The summed E-state index contributed by atoms with van der Waals surface area (Å²) in [5, 5.41) is 2.69. The summed E-state index contributed by atoms with van der Waals surface area (Å²) in [6, 6.07) is 0. The van der Waals surface area contributed by atoms with Crippen LogP contribution in [-0.4, -0.2) is 11.7 Å². The first kappa shape index (κ1) is 12.0. The second-order valence-corrected chi connectivity index (χ2v) is 4.17. The third-order valence-electron chi connectivity index (χ3n) is 3.21. The zero-order chi connectivity index (χ0) is 11.5. The molecule has 15 heavy (non-hydrogen) atoms. The SMILES string of the molecule is CCCCC1(CC)C(=O)NC=C(C)C1=O. The Bertz CT molecular complexity index is 307. The fourth-order valence-corrected chi connectivity index (χ4v) is 2.06. The number of carbonyl (C=O) groups is 2. The van der Waals surface area contributed by atoms with Crippen molar-refractivity contribution in [1.82, 2.24) is 5.32 Å². The Morgan fingerprint density at radius 3 is 2.53 bits per heavy atom. The van der Waals surface area contributed by atoms with Gasteiger partial charge in [-0.05, 0) is 19.8 Å². The molecule has 1 rings (SSSR count). The van der Waals surface area contributed by atoms with Crippen molar-refractivity contribution in [3.05, 3.63) is 11.8 Å². The molecule has 0 spiro atoms. The highest BCUT2D eigenvalue weighted by Crippen LogP contribution is 2.34. The fraction of sp³-hybridized carbons (Fsp3) is 0.667. The van der Waals surface area contributed by atoms with Gasteiger partial charge in [0.15, 0.2) is 5.78 Å². The number of amides is 1. The molecule has 3 nitrogen and oxygen atoms in total. The van der Waals surface area contributed by atoms with Crippen molar-refractivity contribution in [3.63, 3.8) is 0 Å². The molecule has 0 aromatic rings. The standard InChI is InChI=1S/C12H19NO2/c1-4-6-7-12(5-2)10(14)9(3)8-13-11(12)15/h8H,4-7H2,1-3H3,(H,13,15). The van der Waals surface area contributed by atoms with Crippen molar-refractivity contribution >= 4 is 11.7 Å². The molecule has 1 amide bonds. The maximum Gasteiger partial charge on any atom is 0.237 e. The van der Waals surface area contributed by atoms with Crippen molar-refractivity contribution in [2.45, 2.75) is 46.5 Å². The highest BCUT2D eigenvalue weighted by atomic mass is 16.2.